The first-order chi connectivity index (χ1) is 13.8. The molecule has 0 atom stereocenters. The lowest BCUT2D eigenvalue weighted by atomic mass is 10.3. The van der Waals surface area contributed by atoms with Gasteiger partial charge in [0, 0.05) is 30.5 Å². The summed E-state index contributed by atoms with van der Waals surface area (Å²) >= 11 is 0. The lowest BCUT2D eigenvalue weighted by Gasteiger charge is -2.10. The van der Waals surface area contributed by atoms with Gasteiger partial charge in [0.15, 0.2) is 11.5 Å². The fraction of sp³-hybridized carbons (Fsp3) is 0. The molecule has 0 radical (unpaired) electrons. The van der Waals surface area contributed by atoms with E-state index < -0.39 is 0 Å². The van der Waals surface area contributed by atoms with E-state index in [0.717, 1.165) is 0 Å². The fourth-order valence-corrected chi connectivity index (χ4v) is 2.42. The van der Waals surface area contributed by atoms with E-state index >= 15 is 0 Å². The quantitative estimate of drug-likeness (QED) is 0.478. The standard InChI is InChI=1S/C22H16N2O4/c25-18-9-1-2-10-19(18)26-16-7-5-8-17(15-16)27-21-12-6-13-22(24-21)28-20-11-3-4-14-23-20/h1-15,25H. The molecule has 2 heterocycles. The van der Waals surface area contributed by atoms with Crippen LogP contribution < -0.4 is 14.2 Å². The van der Waals surface area contributed by atoms with Crippen LogP contribution in [0, 0.1) is 0 Å². The summed E-state index contributed by atoms with van der Waals surface area (Å²) in [4.78, 5) is 8.43. The Morgan fingerprint density at radius 2 is 1.29 bits per heavy atom. The van der Waals surface area contributed by atoms with Gasteiger partial charge in [0.25, 0.3) is 0 Å². The molecule has 6 nitrogen and oxygen atoms in total. The van der Waals surface area contributed by atoms with Gasteiger partial charge in [0.2, 0.25) is 17.6 Å². The van der Waals surface area contributed by atoms with E-state index in [4.69, 9.17) is 14.2 Å². The number of para-hydroxylation sites is 2. The SMILES string of the molecule is Oc1ccccc1Oc1cccc(Oc2cccc(Oc3ccccn3)n2)c1. The third-order valence-corrected chi connectivity index (χ3v) is 3.67. The highest BCUT2D eigenvalue weighted by atomic mass is 16.5. The zero-order chi connectivity index (χ0) is 19.2. The minimum atomic E-state index is 0.0647. The van der Waals surface area contributed by atoms with Gasteiger partial charge in [0.05, 0.1) is 0 Å². The van der Waals surface area contributed by atoms with Gasteiger partial charge in [-0.1, -0.05) is 30.3 Å². The van der Waals surface area contributed by atoms with Crippen molar-refractivity contribution in [3.05, 3.63) is 91.1 Å². The van der Waals surface area contributed by atoms with E-state index in [0.29, 0.717) is 34.9 Å². The molecule has 0 aliphatic heterocycles. The second-order valence-electron chi connectivity index (χ2n) is 5.73. The monoisotopic (exact) mass is 372 g/mol. The van der Waals surface area contributed by atoms with Crippen LogP contribution in [0.5, 0.6) is 40.6 Å². The van der Waals surface area contributed by atoms with Gasteiger partial charge in [-0.05, 0) is 30.3 Å². The first-order valence-corrected chi connectivity index (χ1v) is 8.56. The first-order valence-electron chi connectivity index (χ1n) is 8.56. The van der Waals surface area contributed by atoms with Crippen molar-refractivity contribution in [2.75, 3.05) is 0 Å². The largest absolute Gasteiger partial charge is 0.504 e. The molecule has 0 fully saturated rings. The van der Waals surface area contributed by atoms with E-state index in [1.807, 2.05) is 12.1 Å². The fourth-order valence-electron chi connectivity index (χ4n) is 2.42. The summed E-state index contributed by atoms with van der Waals surface area (Å²) in [7, 11) is 0. The van der Waals surface area contributed by atoms with Crippen LogP contribution in [-0.2, 0) is 0 Å². The Labute approximate surface area is 161 Å². The first kappa shape index (κ1) is 17.4. The molecule has 6 heteroatoms. The third kappa shape index (κ3) is 4.37. The second-order valence-corrected chi connectivity index (χ2v) is 5.73. The normalized spacial score (nSPS) is 10.3. The summed E-state index contributed by atoms with van der Waals surface area (Å²) in [5.74, 6) is 2.69. The molecule has 0 unspecified atom stereocenters. The number of pyridine rings is 2. The summed E-state index contributed by atoms with van der Waals surface area (Å²) in [5, 5.41) is 9.84. The summed E-state index contributed by atoms with van der Waals surface area (Å²) in [5.41, 5.74) is 0. The summed E-state index contributed by atoms with van der Waals surface area (Å²) in [6.07, 6.45) is 1.64. The number of nitrogens with zero attached hydrogens (tertiary/aromatic N) is 2. The molecule has 0 aliphatic rings. The Balaban J connectivity index is 1.49. The van der Waals surface area contributed by atoms with Crippen LogP contribution in [0.3, 0.4) is 0 Å². The molecule has 1 N–H and O–H groups in total. The molecule has 2 aromatic carbocycles. The van der Waals surface area contributed by atoms with Crippen molar-refractivity contribution >= 4 is 0 Å². The number of hydrogen-bond acceptors (Lipinski definition) is 6. The van der Waals surface area contributed by atoms with Gasteiger partial charge in [-0.15, -0.1) is 0 Å². The van der Waals surface area contributed by atoms with Crippen LogP contribution in [-0.4, -0.2) is 15.1 Å². The zero-order valence-electron chi connectivity index (χ0n) is 14.7. The maximum atomic E-state index is 9.84. The number of hydrogen-bond donors (Lipinski definition) is 1. The molecule has 4 rings (SSSR count). The highest BCUT2D eigenvalue weighted by molar-refractivity contribution is 5.43. The smallest absolute Gasteiger partial charge is 0.224 e. The molecule has 0 spiro atoms. The Bertz CT molecular complexity index is 1070. The number of phenols is 1. The van der Waals surface area contributed by atoms with Crippen LogP contribution >= 0.6 is 0 Å². The van der Waals surface area contributed by atoms with Crippen molar-refractivity contribution in [1.29, 1.82) is 0 Å². The van der Waals surface area contributed by atoms with Gasteiger partial charge in [-0.3, -0.25) is 0 Å². The van der Waals surface area contributed by atoms with Crippen molar-refractivity contribution in [2.45, 2.75) is 0 Å². The Kier molecular flexibility index (Phi) is 5.02. The number of benzene rings is 2. The number of aromatic hydroxyl groups is 1. The van der Waals surface area contributed by atoms with Crippen LogP contribution in [0.2, 0.25) is 0 Å². The minimum absolute atomic E-state index is 0.0647. The van der Waals surface area contributed by atoms with E-state index in [-0.39, 0.29) is 5.75 Å². The highest BCUT2D eigenvalue weighted by Gasteiger charge is 2.07. The molecule has 4 aromatic rings. The van der Waals surface area contributed by atoms with Crippen molar-refractivity contribution in [1.82, 2.24) is 9.97 Å². The number of phenolic OH excluding ortho intramolecular Hbond substituents is 1. The van der Waals surface area contributed by atoms with Crippen molar-refractivity contribution in [3.8, 4) is 40.6 Å². The molecule has 0 bridgehead atoms. The topological polar surface area (TPSA) is 73.7 Å². The molecule has 0 aliphatic carbocycles. The van der Waals surface area contributed by atoms with Gasteiger partial charge in [-0.25, -0.2) is 4.98 Å². The summed E-state index contributed by atoms with van der Waals surface area (Å²) in [6, 6.07) is 24.4. The van der Waals surface area contributed by atoms with Gasteiger partial charge in [-0.2, -0.15) is 4.98 Å². The van der Waals surface area contributed by atoms with Crippen molar-refractivity contribution < 1.29 is 19.3 Å². The maximum Gasteiger partial charge on any atom is 0.224 e. The predicted octanol–water partition coefficient (Wildman–Crippen LogP) is 5.56. The van der Waals surface area contributed by atoms with E-state index in [1.165, 1.54) is 0 Å². The molecular formula is C22H16N2O4. The highest BCUT2D eigenvalue weighted by Crippen LogP contribution is 2.32. The Morgan fingerprint density at radius 1 is 0.607 bits per heavy atom. The number of rotatable bonds is 6. The summed E-state index contributed by atoms with van der Waals surface area (Å²) < 4.78 is 17.1. The van der Waals surface area contributed by atoms with Gasteiger partial charge >= 0.3 is 0 Å². The molecular weight excluding hydrogens is 356 g/mol. The Morgan fingerprint density at radius 3 is 2.07 bits per heavy atom. The maximum absolute atomic E-state index is 9.84. The van der Waals surface area contributed by atoms with Crippen LogP contribution in [0.1, 0.15) is 0 Å². The third-order valence-electron chi connectivity index (χ3n) is 3.67. The molecule has 0 saturated heterocycles. The van der Waals surface area contributed by atoms with Gasteiger partial charge < -0.3 is 19.3 Å². The molecule has 0 amide bonds. The van der Waals surface area contributed by atoms with E-state index in [9.17, 15) is 5.11 Å². The molecule has 0 saturated carbocycles. The van der Waals surface area contributed by atoms with E-state index in [2.05, 4.69) is 9.97 Å². The second kappa shape index (κ2) is 8.09. The van der Waals surface area contributed by atoms with Gasteiger partial charge in [0.1, 0.15) is 11.5 Å². The molecule has 2 aromatic heterocycles. The van der Waals surface area contributed by atoms with Crippen molar-refractivity contribution in [3.63, 3.8) is 0 Å². The Hall–Kier alpha value is -4.06. The lowest BCUT2D eigenvalue weighted by Crippen LogP contribution is -1.93. The number of aromatic nitrogens is 2. The molecule has 138 valence electrons. The van der Waals surface area contributed by atoms with Crippen molar-refractivity contribution in [2.24, 2.45) is 0 Å². The average Bonchev–Trinajstić information content (AvgIpc) is 2.71. The molecule has 28 heavy (non-hydrogen) atoms. The zero-order valence-corrected chi connectivity index (χ0v) is 14.7. The van der Waals surface area contributed by atoms with Crippen LogP contribution in [0.15, 0.2) is 91.1 Å². The van der Waals surface area contributed by atoms with Crippen LogP contribution in [0.4, 0.5) is 0 Å². The summed E-state index contributed by atoms with van der Waals surface area (Å²) in [6.45, 7) is 0. The number of ether oxygens (including phenoxy) is 3. The minimum Gasteiger partial charge on any atom is -0.504 e. The lowest BCUT2D eigenvalue weighted by molar-refractivity contribution is 0.404. The average molecular weight is 372 g/mol. The van der Waals surface area contributed by atoms with Crippen LogP contribution in [0.25, 0.3) is 0 Å². The predicted molar refractivity (Wildman–Crippen MR) is 103 cm³/mol. The van der Waals surface area contributed by atoms with E-state index in [1.54, 1.807) is 79.0 Å².